The number of hydrogen-bond acceptors (Lipinski definition) is 4. The van der Waals surface area contributed by atoms with Gasteiger partial charge >= 0.3 is 0 Å². The van der Waals surface area contributed by atoms with Gasteiger partial charge < -0.3 is 10.5 Å². The molecule has 2 aliphatic rings. The Balaban J connectivity index is 1.77. The van der Waals surface area contributed by atoms with Gasteiger partial charge in [-0.25, -0.2) is 4.98 Å². The first-order valence-electron chi connectivity index (χ1n) is 7.47. The molecular formula is C17H20N2OS. The second-order valence-corrected chi connectivity index (χ2v) is 7.93. The number of anilines is 1. The van der Waals surface area contributed by atoms with Gasteiger partial charge in [-0.3, -0.25) is 0 Å². The first-order valence-corrected chi connectivity index (χ1v) is 8.29. The molecule has 0 unspecified atom stereocenters. The van der Waals surface area contributed by atoms with E-state index in [1.165, 1.54) is 21.7 Å². The number of aromatic nitrogens is 1. The Labute approximate surface area is 129 Å². The molecule has 1 aromatic carbocycles. The quantitative estimate of drug-likeness (QED) is 0.915. The van der Waals surface area contributed by atoms with E-state index >= 15 is 0 Å². The highest BCUT2D eigenvalue weighted by atomic mass is 32.1. The number of hydrogen-bond donors (Lipinski definition) is 1. The summed E-state index contributed by atoms with van der Waals surface area (Å²) < 4.78 is 5.72. The van der Waals surface area contributed by atoms with E-state index in [2.05, 4.69) is 44.0 Å². The summed E-state index contributed by atoms with van der Waals surface area (Å²) in [6.45, 7) is 7.62. The van der Waals surface area contributed by atoms with Crippen molar-refractivity contribution in [3.8, 4) is 5.75 Å². The minimum absolute atomic E-state index is 0.239. The van der Waals surface area contributed by atoms with Crippen molar-refractivity contribution in [1.82, 2.24) is 4.98 Å². The van der Waals surface area contributed by atoms with Crippen LogP contribution in [0, 0.1) is 12.3 Å². The molecule has 1 aliphatic heterocycles. The van der Waals surface area contributed by atoms with Gasteiger partial charge in [0.15, 0.2) is 5.13 Å². The Hall–Kier alpha value is -1.55. The number of rotatable bonds is 2. The summed E-state index contributed by atoms with van der Waals surface area (Å²) in [4.78, 5) is 5.86. The van der Waals surface area contributed by atoms with Crippen LogP contribution in [0.4, 0.5) is 5.13 Å². The normalized spacial score (nSPS) is 25.5. The average molecular weight is 300 g/mol. The lowest BCUT2D eigenvalue weighted by Crippen LogP contribution is -1.94. The predicted octanol–water partition coefficient (Wildman–Crippen LogP) is 3.88. The Kier molecular flexibility index (Phi) is 2.65. The lowest BCUT2D eigenvalue weighted by molar-refractivity contribution is 0.357. The summed E-state index contributed by atoms with van der Waals surface area (Å²) in [6.07, 6.45) is 1.03. The van der Waals surface area contributed by atoms with E-state index < -0.39 is 0 Å². The van der Waals surface area contributed by atoms with E-state index in [4.69, 9.17) is 10.5 Å². The fourth-order valence-corrected chi connectivity index (χ4v) is 4.72. The van der Waals surface area contributed by atoms with E-state index in [1.54, 1.807) is 11.3 Å². The molecule has 0 bridgehead atoms. The average Bonchev–Trinajstić information content (AvgIpc) is 2.81. The summed E-state index contributed by atoms with van der Waals surface area (Å²) in [5.41, 5.74) is 10.2. The molecule has 1 aliphatic carbocycles. The fourth-order valence-electron chi connectivity index (χ4n) is 3.99. The zero-order valence-corrected chi connectivity index (χ0v) is 13.5. The summed E-state index contributed by atoms with van der Waals surface area (Å²) in [5, 5.41) is 0.686. The number of thiazole rings is 1. The summed E-state index contributed by atoms with van der Waals surface area (Å²) >= 11 is 1.60. The van der Waals surface area contributed by atoms with Gasteiger partial charge in [-0.2, -0.15) is 0 Å². The van der Waals surface area contributed by atoms with Gasteiger partial charge in [0.25, 0.3) is 0 Å². The van der Waals surface area contributed by atoms with Gasteiger partial charge in [0.05, 0.1) is 12.3 Å². The van der Waals surface area contributed by atoms with Crippen LogP contribution in [0.25, 0.3) is 0 Å². The van der Waals surface area contributed by atoms with E-state index in [1.807, 2.05) is 0 Å². The maximum absolute atomic E-state index is 5.90. The molecule has 1 aromatic heterocycles. The van der Waals surface area contributed by atoms with Gasteiger partial charge in [-0.15, -0.1) is 11.3 Å². The van der Waals surface area contributed by atoms with Gasteiger partial charge in [0.2, 0.25) is 0 Å². The maximum atomic E-state index is 5.90. The smallest absolute Gasteiger partial charge is 0.180 e. The molecule has 1 saturated carbocycles. The second kappa shape index (κ2) is 4.23. The molecule has 2 atom stereocenters. The Bertz CT molecular complexity index is 720. The topological polar surface area (TPSA) is 48.1 Å². The number of benzene rings is 1. The van der Waals surface area contributed by atoms with Crippen LogP contribution >= 0.6 is 11.3 Å². The molecule has 0 radical (unpaired) electrons. The zero-order valence-electron chi connectivity index (χ0n) is 12.6. The molecule has 3 nitrogen and oxygen atoms in total. The van der Waals surface area contributed by atoms with E-state index in [0.717, 1.165) is 18.8 Å². The Morgan fingerprint density at radius 1 is 1.33 bits per heavy atom. The van der Waals surface area contributed by atoms with Crippen molar-refractivity contribution in [3.63, 3.8) is 0 Å². The molecular weight excluding hydrogens is 280 g/mol. The van der Waals surface area contributed by atoms with Crippen molar-refractivity contribution in [2.75, 3.05) is 12.3 Å². The molecule has 2 N–H and O–H groups in total. The summed E-state index contributed by atoms with van der Waals surface area (Å²) in [6, 6.07) is 6.47. The van der Waals surface area contributed by atoms with Crippen molar-refractivity contribution >= 4 is 16.5 Å². The van der Waals surface area contributed by atoms with Crippen LogP contribution in [0.15, 0.2) is 18.2 Å². The van der Waals surface area contributed by atoms with Crippen molar-refractivity contribution < 1.29 is 4.74 Å². The Morgan fingerprint density at radius 3 is 2.86 bits per heavy atom. The lowest BCUT2D eigenvalue weighted by Gasteiger charge is -2.08. The van der Waals surface area contributed by atoms with E-state index in [9.17, 15) is 0 Å². The number of nitrogens with zero attached hydrogens (tertiary/aromatic N) is 1. The lowest BCUT2D eigenvalue weighted by atomic mass is 9.96. The van der Waals surface area contributed by atoms with Crippen LogP contribution in [-0.2, 0) is 6.42 Å². The van der Waals surface area contributed by atoms with Crippen LogP contribution in [0.3, 0.4) is 0 Å². The highest BCUT2D eigenvalue weighted by molar-refractivity contribution is 7.15. The zero-order chi connectivity index (χ0) is 14.8. The van der Waals surface area contributed by atoms with Gasteiger partial charge in [-0.1, -0.05) is 26.0 Å². The van der Waals surface area contributed by atoms with Gasteiger partial charge in [-0.05, 0) is 29.9 Å². The molecule has 21 heavy (non-hydrogen) atoms. The molecule has 2 heterocycles. The van der Waals surface area contributed by atoms with Crippen LogP contribution in [0.1, 0.15) is 47.4 Å². The largest absolute Gasteiger partial charge is 0.493 e. The van der Waals surface area contributed by atoms with E-state index in [-0.39, 0.29) is 5.41 Å². The second-order valence-electron chi connectivity index (χ2n) is 6.69. The van der Waals surface area contributed by atoms with E-state index in [0.29, 0.717) is 17.0 Å². The minimum atomic E-state index is 0.239. The molecule has 0 spiro atoms. The molecule has 0 saturated heterocycles. The van der Waals surface area contributed by atoms with Crippen LogP contribution in [0.5, 0.6) is 5.75 Å². The first-order chi connectivity index (χ1) is 10.00. The van der Waals surface area contributed by atoms with Crippen molar-refractivity contribution in [2.45, 2.75) is 39.0 Å². The number of fused-ring (bicyclic) bond motifs is 1. The molecule has 1 fully saturated rings. The van der Waals surface area contributed by atoms with Crippen molar-refractivity contribution in [3.05, 3.63) is 39.9 Å². The molecule has 4 heteroatoms. The van der Waals surface area contributed by atoms with Gasteiger partial charge in [0, 0.05) is 22.8 Å². The van der Waals surface area contributed by atoms with Crippen molar-refractivity contribution in [2.24, 2.45) is 5.41 Å². The molecule has 2 aromatic rings. The third-order valence-corrected chi connectivity index (χ3v) is 5.90. The summed E-state index contributed by atoms with van der Waals surface area (Å²) in [7, 11) is 0. The fraction of sp³-hybridized carbons (Fsp3) is 0.471. The SMILES string of the molecule is Cc1sc(N)nc1[C@@H]1[C@@H](c2cccc3c2CCO3)C1(C)C. The minimum Gasteiger partial charge on any atom is -0.493 e. The number of aryl methyl sites for hydroxylation is 1. The van der Waals surface area contributed by atoms with Crippen molar-refractivity contribution in [1.29, 1.82) is 0 Å². The monoisotopic (exact) mass is 300 g/mol. The first kappa shape index (κ1) is 13.1. The molecule has 110 valence electrons. The molecule has 0 amide bonds. The van der Waals surface area contributed by atoms with Crippen LogP contribution in [-0.4, -0.2) is 11.6 Å². The molecule has 4 rings (SSSR count). The third kappa shape index (κ3) is 1.81. The van der Waals surface area contributed by atoms with Crippen LogP contribution < -0.4 is 10.5 Å². The number of nitrogens with two attached hydrogens (primary N) is 1. The predicted molar refractivity (Wildman–Crippen MR) is 86.2 cm³/mol. The number of nitrogen functional groups attached to an aromatic ring is 1. The maximum Gasteiger partial charge on any atom is 0.180 e. The third-order valence-electron chi connectivity index (χ3n) is 5.08. The highest BCUT2D eigenvalue weighted by Crippen LogP contribution is 2.71. The van der Waals surface area contributed by atoms with Crippen LogP contribution in [0.2, 0.25) is 0 Å². The summed E-state index contributed by atoms with van der Waals surface area (Å²) in [5.74, 6) is 2.07. The highest BCUT2D eigenvalue weighted by Gasteiger charge is 2.61. The number of ether oxygens (including phenoxy) is 1. The van der Waals surface area contributed by atoms with Gasteiger partial charge in [0.1, 0.15) is 5.75 Å². The standard InChI is InChI=1S/C17H20N2OS/c1-9-15(19-16(18)21-9)14-13(17(14,2)3)11-5-4-6-12-10(11)7-8-20-12/h4-6,13-14H,7-8H2,1-3H3,(H2,18,19)/t13-,14+/m1/s1. The Morgan fingerprint density at radius 2 is 2.14 bits per heavy atom.